The zero-order chi connectivity index (χ0) is 10.1. The quantitative estimate of drug-likeness (QED) is 0.777. The van der Waals surface area contributed by atoms with Crippen LogP contribution in [0.2, 0.25) is 0 Å². The van der Waals surface area contributed by atoms with Crippen LogP contribution in [0.25, 0.3) is 11.0 Å². The molecule has 0 unspecified atom stereocenters. The van der Waals surface area contributed by atoms with E-state index in [9.17, 15) is 0 Å². The maximum Gasteiger partial charge on any atom is 0.111 e. The minimum Gasteiger partial charge on any atom is -0.396 e. The maximum atomic E-state index is 8.87. The topological polar surface area (TPSA) is 38.1 Å². The second-order valence-corrected chi connectivity index (χ2v) is 3.55. The lowest BCUT2D eigenvalue weighted by atomic mass is 10.2. The molecule has 0 amide bonds. The van der Waals surface area contributed by atoms with E-state index in [-0.39, 0.29) is 6.61 Å². The first-order valence-electron chi connectivity index (χ1n) is 4.75. The van der Waals surface area contributed by atoms with Crippen molar-refractivity contribution < 1.29 is 5.11 Å². The number of aliphatic hydroxyl groups is 1. The minimum atomic E-state index is 0.149. The Bertz CT molecular complexity index is 460. The molecule has 0 spiro atoms. The van der Waals surface area contributed by atoms with Gasteiger partial charge in [-0.15, -0.1) is 0 Å². The largest absolute Gasteiger partial charge is 0.396 e. The fraction of sp³-hybridized carbons (Fsp3) is 0.364. The van der Waals surface area contributed by atoms with Crippen LogP contribution in [0.5, 0.6) is 0 Å². The highest BCUT2D eigenvalue weighted by Gasteiger charge is 2.06. The summed E-state index contributed by atoms with van der Waals surface area (Å²) in [5.41, 5.74) is 3.37. The Kier molecular flexibility index (Phi) is 2.25. The monoisotopic (exact) mass is 190 g/mol. The fourth-order valence-electron chi connectivity index (χ4n) is 1.67. The Morgan fingerprint density at radius 1 is 1.43 bits per heavy atom. The molecule has 2 rings (SSSR count). The summed E-state index contributed by atoms with van der Waals surface area (Å²) in [7, 11) is 1.99. The van der Waals surface area contributed by atoms with Gasteiger partial charge in [0, 0.05) is 13.5 Å². The Morgan fingerprint density at radius 3 is 2.93 bits per heavy atom. The first-order chi connectivity index (χ1) is 6.72. The molecule has 0 aliphatic carbocycles. The summed E-state index contributed by atoms with van der Waals surface area (Å²) in [6.45, 7) is 2.22. The highest BCUT2D eigenvalue weighted by molar-refractivity contribution is 5.76. The van der Waals surface area contributed by atoms with Gasteiger partial charge in [0.1, 0.15) is 5.82 Å². The van der Waals surface area contributed by atoms with Crippen molar-refractivity contribution in [3.63, 3.8) is 0 Å². The molecular formula is C11H14N2O. The van der Waals surface area contributed by atoms with Gasteiger partial charge in [-0.25, -0.2) is 4.98 Å². The van der Waals surface area contributed by atoms with Gasteiger partial charge in [0.2, 0.25) is 0 Å². The van der Waals surface area contributed by atoms with Crippen molar-refractivity contribution >= 4 is 11.0 Å². The van der Waals surface area contributed by atoms with Crippen molar-refractivity contribution in [3.05, 3.63) is 29.6 Å². The predicted octanol–water partition coefficient (Wildman–Crippen LogP) is 1.42. The lowest BCUT2D eigenvalue weighted by Crippen LogP contribution is -2.00. The zero-order valence-corrected chi connectivity index (χ0v) is 8.49. The number of aryl methyl sites for hydroxylation is 2. The molecule has 1 heterocycles. The summed E-state index contributed by atoms with van der Waals surface area (Å²) in [6.07, 6.45) is 0.615. The van der Waals surface area contributed by atoms with E-state index < -0.39 is 0 Å². The maximum absolute atomic E-state index is 8.87. The van der Waals surface area contributed by atoms with E-state index >= 15 is 0 Å². The second kappa shape index (κ2) is 3.42. The van der Waals surface area contributed by atoms with Crippen molar-refractivity contribution in [3.8, 4) is 0 Å². The van der Waals surface area contributed by atoms with E-state index in [0.717, 1.165) is 16.9 Å². The van der Waals surface area contributed by atoms with Crippen LogP contribution in [0, 0.1) is 6.92 Å². The van der Waals surface area contributed by atoms with Gasteiger partial charge in [0.15, 0.2) is 0 Å². The normalized spacial score (nSPS) is 11.1. The highest BCUT2D eigenvalue weighted by Crippen LogP contribution is 2.16. The Labute approximate surface area is 83.0 Å². The van der Waals surface area contributed by atoms with Crippen molar-refractivity contribution in [2.45, 2.75) is 13.3 Å². The molecule has 1 N–H and O–H groups in total. The van der Waals surface area contributed by atoms with Gasteiger partial charge in [-0.05, 0) is 24.6 Å². The van der Waals surface area contributed by atoms with E-state index in [1.165, 1.54) is 5.56 Å². The summed E-state index contributed by atoms with van der Waals surface area (Å²) >= 11 is 0. The number of aliphatic hydroxyl groups excluding tert-OH is 1. The minimum absolute atomic E-state index is 0.149. The molecule has 0 fully saturated rings. The van der Waals surface area contributed by atoms with Crippen LogP contribution in [-0.4, -0.2) is 21.3 Å². The molecule has 14 heavy (non-hydrogen) atoms. The van der Waals surface area contributed by atoms with Gasteiger partial charge in [-0.3, -0.25) is 0 Å². The predicted molar refractivity (Wildman–Crippen MR) is 56.2 cm³/mol. The smallest absolute Gasteiger partial charge is 0.111 e. The summed E-state index contributed by atoms with van der Waals surface area (Å²) < 4.78 is 2.04. The van der Waals surface area contributed by atoms with E-state index in [1.807, 2.05) is 17.7 Å². The average Bonchev–Trinajstić information content (AvgIpc) is 2.46. The van der Waals surface area contributed by atoms with Crippen LogP contribution >= 0.6 is 0 Å². The molecule has 2 aromatic rings. The standard InChI is InChI=1S/C11H14N2O/c1-8-3-4-9-10(7-8)13(2)11(12-9)5-6-14/h3-4,7,14H,5-6H2,1-2H3. The average molecular weight is 190 g/mol. The summed E-state index contributed by atoms with van der Waals surface area (Å²) in [4.78, 5) is 4.45. The van der Waals surface area contributed by atoms with Crippen molar-refractivity contribution in [1.82, 2.24) is 9.55 Å². The Balaban J connectivity index is 2.62. The van der Waals surface area contributed by atoms with E-state index in [1.54, 1.807) is 0 Å². The summed E-state index contributed by atoms with van der Waals surface area (Å²) in [5, 5.41) is 8.87. The number of aromatic nitrogens is 2. The van der Waals surface area contributed by atoms with E-state index in [4.69, 9.17) is 5.11 Å². The molecule has 0 bridgehead atoms. The molecule has 0 atom stereocenters. The number of hydrogen-bond acceptors (Lipinski definition) is 2. The number of hydrogen-bond donors (Lipinski definition) is 1. The van der Waals surface area contributed by atoms with Gasteiger partial charge in [-0.2, -0.15) is 0 Å². The van der Waals surface area contributed by atoms with E-state index in [2.05, 4.69) is 24.0 Å². The van der Waals surface area contributed by atoms with Crippen LogP contribution in [0.4, 0.5) is 0 Å². The molecule has 74 valence electrons. The molecule has 0 radical (unpaired) electrons. The van der Waals surface area contributed by atoms with Crippen LogP contribution in [0.1, 0.15) is 11.4 Å². The number of fused-ring (bicyclic) bond motifs is 1. The van der Waals surface area contributed by atoms with Gasteiger partial charge >= 0.3 is 0 Å². The zero-order valence-electron chi connectivity index (χ0n) is 8.49. The van der Waals surface area contributed by atoms with Crippen molar-refractivity contribution in [2.24, 2.45) is 7.05 Å². The first-order valence-corrected chi connectivity index (χ1v) is 4.75. The highest BCUT2D eigenvalue weighted by atomic mass is 16.3. The van der Waals surface area contributed by atoms with Crippen LogP contribution < -0.4 is 0 Å². The van der Waals surface area contributed by atoms with E-state index in [0.29, 0.717) is 6.42 Å². The lowest BCUT2D eigenvalue weighted by Gasteiger charge is -1.99. The van der Waals surface area contributed by atoms with Crippen LogP contribution in [0.3, 0.4) is 0 Å². The van der Waals surface area contributed by atoms with Crippen LogP contribution in [0.15, 0.2) is 18.2 Å². The van der Waals surface area contributed by atoms with Gasteiger partial charge < -0.3 is 9.67 Å². The number of imidazole rings is 1. The fourth-order valence-corrected chi connectivity index (χ4v) is 1.67. The molecule has 1 aromatic carbocycles. The van der Waals surface area contributed by atoms with Gasteiger partial charge in [0.05, 0.1) is 17.6 Å². The van der Waals surface area contributed by atoms with Crippen molar-refractivity contribution in [2.75, 3.05) is 6.61 Å². The SMILES string of the molecule is Cc1ccc2nc(CCO)n(C)c2c1. The molecule has 0 aliphatic heterocycles. The van der Waals surface area contributed by atoms with Gasteiger partial charge in [-0.1, -0.05) is 6.07 Å². The third-order valence-electron chi connectivity index (χ3n) is 2.46. The lowest BCUT2D eigenvalue weighted by molar-refractivity contribution is 0.295. The summed E-state index contributed by atoms with van der Waals surface area (Å²) in [6, 6.07) is 6.19. The molecule has 1 aromatic heterocycles. The Morgan fingerprint density at radius 2 is 2.21 bits per heavy atom. The molecule has 3 heteroatoms. The molecular weight excluding hydrogens is 176 g/mol. The number of benzene rings is 1. The number of rotatable bonds is 2. The molecule has 0 aliphatic rings. The summed E-state index contributed by atoms with van der Waals surface area (Å²) in [5.74, 6) is 0.938. The molecule has 0 saturated carbocycles. The third kappa shape index (κ3) is 1.40. The second-order valence-electron chi connectivity index (χ2n) is 3.55. The van der Waals surface area contributed by atoms with Crippen molar-refractivity contribution in [1.29, 1.82) is 0 Å². The molecule has 3 nitrogen and oxygen atoms in total. The van der Waals surface area contributed by atoms with Gasteiger partial charge in [0.25, 0.3) is 0 Å². The Hall–Kier alpha value is -1.35. The molecule has 0 saturated heterocycles. The number of nitrogens with zero attached hydrogens (tertiary/aromatic N) is 2. The van der Waals surface area contributed by atoms with Crippen LogP contribution in [-0.2, 0) is 13.5 Å². The first kappa shape index (κ1) is 9.21. The third-order valence-corrected chi connectivity index (χ3v) is 2.46.